The fourth-order valence-electron chi connectivity index (χ4n) is 3.50. The van der Waals surface area contributed by atoms with Gasteiger partial charge in [-0.1, -0.05) is 48.5 Å². The van der Waals surface area contributed by atoms with E-state index in [1.54, 1.807) is 60.7 Å². The average Bonchev–Trinajstić information content (AvgIpc) is 2.87. The lowest BCUT2D eigenvalue weighted by Crippen LogP contribution is -2.23. The van der Waals surface area contributed by atoms with Gasteiger partial charge in [-0.05, 0) is 59.2 Å². The molecule has 5 nitrogen and oxygen atoms in total. The first-order valence-electron chi connectivity index (χ1n) is 10.7. The summed E-state index contributed by atoms with van der Waals surface area (Å²) in [5, 5.41) is 5.60. The predicted octanol–water partition coefficient (Wildman–Crippen LogP) is 5.95. The van der Waals surface area contributed by atoms with E-state index >= 15 is 0 Å². The molecule has 0 aliphatic rings. The van der Waals surface area contributed by atoms with Crippen molar-refractivity contribution >= 4 is 17.5 Å². The Labute approximate surface area is 199 Å². The number of benzene rings is 3. The van der Waals surface area contributed by atoms with Gasteiger partial charge in [0.15, 0.2) is 0 Å². The van der Waals surface area contributed by atoms with E-state index in [-0.39, 0.29) is 12.5 Å². The fourth-order valence-corrected chi connectivity index (χ4v) is 3.50. The maximum absolute atomic E-state index is 13.0. The number of halogens is 3. The Bertz CT molecular complexity index is 1340. The van der Waals surface area contributed by atoms with Crippen LogP contribution in [0.2, 0.25) is 0 Å². The van der Waals surface area contributed by atoms with Crippen LogP contribution in [0.25, 0.3) is 11.1 Å². The number of alkyl halides is 3. The van der Waals surface area contributed by atoms with Crippen LogP contribution in [0.5, 0.6) is 0 Å². The molecule has 4 aromatic rings. The highest BCUT2D eigenvalue weighted by molar-refractivity contribution is 6.08. The second kappa shape index (κ2) is 10.2. The van der Waals surface area contributed by atoms with E-state index in [2.05, 4.69) is 15.6 Å². The number of nitrogens with one attached hydrogen (secondary N) is 2. The maximum atomic E-state index is 13.0. The summed E-state index contributed by atoms with van der Waals surface area (Å²) in [6.07, 6.45) is -2.90. The minimum Gasteiger partial charge on any atom is -0.347 e. The van der Waals surface area contributed by atoms with Crippen LogP contribution < -0.4 is 10.6 Å². The number of nitrogens with zero attached hydrogens (tertiary/aromatic N) is 1. The normalized spacial score (nSPS) is 11.1. The van der Waals surface area contributed by atoms with Gasteiger partial charge in [0.2, 0.25) is 0 Å². The second-order valence-electron chi connectivity index (χ2n) is 7.67. The molecule has 0 fully saturated rings. The van der Waals surface area contributed by atoms with Crippen molar-refractivity contribution in [3.05, 3.63) is 120 Å². The number of aromatic nitrogens is 1. The number of hydrogen-bond acceptors (Lipinski definition) is 3. The molecular formula is C27H20F3N3O2. The molecule has 35 heavy (non-hydrogen) atoms. The summed E-state index contributed by atoms with van der Waals surface area (Å²) >= 11 is 0. The second-order valence-corrected chi connectivity index (χ2v) is 7.67. The molecule has 0 saturated carbocycles. The van der Waals surface area contributed by atoms with Gasteiger partial charge < -0.3 is 10.6 Å². The molecule has 4 rings (SSSR count). The Kier molecular flexibility index (Phi) is 6.91. The smallest absolute Gasteiger partial charge is 0.347 e. The average molecular weight is 475 g/mol. The molecule has 2 amide bonds. The maximum Gasteiger partial charge on any atom is 0.416 e. The molecule has 0 bridgehead atoms. The number of carbonyl (C=O) groups is 2. The van der Waals surface area contributed by atoms with Crippen molar-refractivity contribution in [2.45, 2.75) is 12.7 Å². The standard InChI is InChI=1S/C27H20F3N3O2/c28-27(29,30)20-13-11-19(12-14-20)22-8-1-2-9-23(22)25(34)33-21-7-5-6-18(16-21)17-32-26(35)24-10-3-4-15-31-24/h1-16H,17H2,(H,32,35)(H,33,34). The van der Waals surface area contributed by atoms with Crippen LogP contribution in [0.3, 0.4) is 0 Å². The van der Waals surface area contributed by atoms with Gasteiger partial charge in [-0.25, -0.2) is 0 Å². The van der Waals surface area contributed by atoms with Crippen molar-refractivity contribution in [2.75, 3.05) is 5.32 Å². The van der Waals surface area contributed by atoms with Crippen molar-refractivity contribution in [1.82, 2.24) is 10.3 Å². The van der Waals surface area contributed by atoms with Crippen LogP contribution in [0, 0.1) is 0 Å². The molecule has 0 spiro atoms. The van der Waals surface area contributed by atoms with E-state index in [9.17, 15) is 22.8 Å². The highest BCUT2D eigenvalue weighted by Gasteiger charge is 2.30. The quantitative estimate of drug-likeness (QED) is 0.362. The molecule has 0 radical (unpaired) electrons. The fraction of sp³-hybridized carbons (Fsp3) is 0.0741. The number of anilines is 1. The van der Waals surface area contributed by atoms with Crippen LogP contribution in [-0.2, 0) is 12.7 Å². The van der Waals surface area contributed by atoms with Crippen molar-refractivity contribution in [3.63, 3.8) is 0 Å². The van der Waals surface area contributed by atoms with E-state index in [4.69, 9.17) is 0 Å². The molecule has 1 heterocycles. The van der Waals surface area contributed by atoms with Gasteiger partial charge in [0.05, 0.1) is 5.56 Å². The largest absolute Gasteiger partial charge is 0.416 e. The topological polar surface area (TPSA) is 71.1 Å². The van der Waals surface area contributed by atoms with E-state index in [1.807, 2.05) is 6.07 Å². The van der Waals surface area contributed by atoms with Gasteiger partial charge in [-0.2, -0.15) is 13.2 Å². The molecule has 3 aromatic carbocycles. The zero-order valence-corrected chi connectivity index (χ0v) is 18.3. The summed E-state index contributed by atoms with van der Waals surface area (Å²) in [6.45, 7) is 0.237. The van der Waals surface area contributed by atoms with Gasteiger partial charge in [0.25, 0.3) is 11.8 Å². The molecule has 176 valence electrons. The number of amides is 2. The third-order valence-corrected chi connectivity index (χ3v) is 5.23. The Balaban J connectivity index is 1.47. The first-order chi connectivity index (χ1) is 16.8. The lowest BCUT2D eigenvalue weighted by atomic mass is 9.98. The highest BCUT2D eigenvalue weighted by atomic mass is 19.4. The monoisotopic (exact) mass is 475 g/mol. The SMILES string of the molecule is O=C(NCc1cccc(NC(=O)c2ccccc2-c2ccc(C(F)(F)F)cc2)c1)c1ccccn1. The van der Waals surface area contributed by atoms with E-state index in [0.29, 0.717) is 28.1 Å². The number of hydrogen-bond donors (Lipinski definition) is 2. The third-order valence-electron chi connectivity index (χ3n) is 5.23. The summed E-state index contributed by atoms with van der Waals surface area (Å²) in [5.74, 6) is -0.722. The zero-order valence-electron chi connectivity index (χ0n) is 18.3. The van der Waals surface area contributed by atoms with Gasteiger partial charge in [0, 0.05) is 24.0 Å². The Morgan fingerprint density at radius 3 is 2.26 bits per heavy atom. The van der Waals surface area contributed by atoms with E-state index < -0.39 is 17.6 Å². The zero-order chi connectivity index (χ0) is 24.8. The van der Waals surface area contributed by atoms with Gasteiger partial charge >= 0.3 is 6.18 Å². The molecule has 0 atom stereocenters. The first kappa shape index (κ1) is 23.7. The third kappa shape index (κ3) is 5.92. The number of pyridine rings is 1. The van der Waals surface area contributed by atoms with Crippen LogP contribution in [0.4, 0.5) is 18.9 Å². The number of carbonyl (C=O) groups excluding carboxylic acids is 2. The predicted molar refractivity (Wildman–Crippen MR) is 127 cm³/mol. The van der Waals surface area contributed by atoms with Gasteiger partial charge in [-0.3, -0.25) is 14.6 Å². The summed E-state index contributed by atoms with van der Waals surface area (Å²) in [4.78, 5) is 29.2. The van der Waals surface area contributed by atoms with Gasteiger partial charge in [-0.15, -0.1) is 0 Å². The summed E-state index contributed by atoms with van der Waals surface area (Å²) in [7, 11) is 0. The molecule has 0 aliphatic carbocycles. The van der Waals surface area contributed by atoms with Crippen molar-refractivity contribution < 1.29 is 22.8 Å². The summed E-state index contributed by atoms with van der Waals surface area (Å²) in [5.41, 5.74) is 2.16. The Morgan fingerprint density at radius 2 is 1.54 bits per heavy atom. The lowest BCUT2D eigenvalue weighted by Gasteiger charge is -2.13. The van der Waals surface area contributed by atoms with Crippen LogP contribution in [0.15, 0.2) is 97.2 Å². The minimum absolute atomic E-state index is 0.237. The van der Waals surface area contributed by atoms with Crippen LogP contribution >= 0.6 is 0 Å². The van der Waals surface area contributed by atoms with Crippen LogP contribution in [-0.4, -0.2) is 16.8 Å². The minimum atomic E-state index is -4.43. The molecule has 0 saturated heterocycles. The lowest BCUT2D eigenvalue weighted by molar-refractivity contribution is -0.137. The Hall–Kier alpha value is -4.46. The number of rotatable bonds is 6. The van der Waals surface area contributed by atoms with Crippen molar-refractivity contribution in [2.24, 2.45) is 0 Å². The molecule has 1 aromatic heterocycles. The molecule has 2 N–H and O–H groups in total. The summed E-state index contributed by atoms with van der Waals surface area (Å²) < 4.78 is 38.7. The van der Waals surface area contributed by atoms with Gasteiger partial charge in [0.1, 0.15) is 5.69 Å². The Morgan fingerprint density at radius 1 is 0.800 bits per heavy atom. The highest BCUT2D eigenvalue weighted by Crippen LogP contribution is 2.32. The van der Waals surface area contributed by atoms with E-state index in [1.165, 1.54) is 18.3 Å². The van der Waals surface area contributed by atoms with E-state index in [0.717, 1.165) is 17.7 Å². The molecule has 0 aliphatic heterocycles. The summed E-state index contributed by atoms with van der Waals surface area (Å²) in [6, 6.07) is 23.4. The van der Waals surface area contributed by atoms with Crippen LogP contribution in [0.1, 0.15) is 32.0 Å². The molecule has 0 unspecified atom stereocenters. The van der Waals surface area contributed by atoms with Crippen molar-refractivity contribution in [3.8, 4) is 11.1 Å². The first-order valence-corrected chi connectivity index (χ1v) is 10.7. The molecular weight excluding hydrogens is 455 g/mol. The molecule has 8 heteroatoms. The van der Waals surface area contributed by atoms with Crippen molar-refractivity contribution in [1.29, 1.82) is 0 Å².